The first-order chi connectivity index (χ1) is 7.00. The zero-order valence-corrected chi connectivity index (χ0v) is 10.8. The van der Waals surface area contributed by atoms with Gasteiger partial charge in [0.1, 0.15) is 0 Å². The Balaban J connectivity index is 2.82. The maximum Gasteiger partial charge on any atom is 0.0604 e. The molecule has 0 unspecified atom stereocenters. The van der Waals surface area contributed by atoms with Crippen LogP contribution in [0.2, 0.25) is 0 Å². The van der Waals surface area contributed by atoms with Crippen molar-refractivity contribution in [1.29, 1.82) is 0 Å². The number of H-pyrrole nitrogens is 1. The molecule has 0 saturated heterocycles. The Bertz CT molecular complexity index is 512. The lowest BCUT2D eigenvalue weighted by Gasteiger charge is -2.02. The summed E-state index contributed by atoms with van der Waals surface area (Å²) >= 11 is 3.53. The largest absolute Gasteiger partial charge is 0.399 e. The van der Waals surface area contributed by atoms with Crippen molar-refractivity contribution in [1.82, 2.24) is 4.98 Å². The molecule has 1 aromatic heterocycles. The molecule has 15 heavy (non-hydrogen) atoms. The molecule has 0 aliphatic carbocycles. The predicted octanol–water partition coefficient (Wildman–Crippen LogP) is 3.94. The summed E-state index contributed by atoms with van der Waals surface area (Å²) in [6, 6.07) is 3.96. The van der Waals surface area contributed by atoms with Gasteiger partial charge >= 0.3 is 0 Å². The average Bonchev–Trinajstić information content (AvgIpc) is 2.44. The van der Waals surface area contributed by atoms with Crippen molar-refractivity contribution in [3.63, 3.8) is 0 Å². The van der Waals surface area contributed by atoms with E-state index in [2.05, 4.69) is 41.7 Å². The predicted molar refractivity (Wildman–Crippen MR) is 69.2 cm³/mol. The highest BCUT2D eigenvalue weighted by atomic mass is 79.9. The van der Waals surface area contributed by atoms with Gasteiger partial charge in [-0.25, -0.2) is 0 Å². The molecular formula is C12H15BrN2. The van der Waals surface area contributed by atoms with Gasteiger partial charge in [0.15, 0.2) is 0 Å². The SMILES string of the molecule is Cc1c(C(C)C)[nH]c2c(Br)cc(N)cc12. The summed E-state index contributed by atoms with van der Waals surface area (Å²) in [6.45, 7) is 6.52. The van der Waals surface area contributed by atoms with Gasteiger partial charge in [0.25, 0.3) is 0 Å². The van der Waals surface area contributed by atoms with E-state index in [1.807, 2.05) is 12.1 Å². The number of nitrogens with two attached hydrogens (primary N) is 1. The Hall–Kier alpha value is -0.960. The van der Waals surface area contributed by atoms with Gasteiger partial charge in [0.05, 0.1) is 5.52 Å². The molecule has 0 atom stereocenters. The Labute approximate surface area is 98.0 Å². The number of anilines is 1. The monoisotopic (exact) mass is 266 g/mol. The summed E-state index contributed by atoms with van der Waals surface area (Å²) in [4.78, 5) is 3.46. The van der Waals surface area contributed by atoms with E-state index >= 15 is 0 Å². The van der Waals surface area contributed by atoms with Crippen LogP contribution < -0.4 is 5.73 Å². The molecule has 0 fully saturated rings. The molecule has 3 heteroatoms. The highest BCUT2D eigenvalue weighted by Gasteiger charge is 2.12. The molecule has 0 aliphatic rings. The molecule has 0 spiro atoms. The maximum absolute atomic E-state index is 5.84. The summed E-state index contributed by atoms with van der Waals surface area (Å²) in [5, 5.41) is 1.21. The van der Waals surface area contributed by atoms with Gasteiger partial charge < -0.3 is 10.7 Å². The Morgan fingerprint density at radius 3 is 2.60 bits per heavy atom. The highest BCUT2D eigenvalue weighted by molar-refractivity contribution is 9.10. The van der Waals surface area contributed by atoms with Gasteiger partial charge in [-0.3, -0.25) is 0 Å². The van der Waals surface area contributed by atoms with E-state index in [9.17, 15) is 0 Å². The molecular weight excluding hydrogens is 252 g/mol. The second kappa shape index (κ2) is 3.56. The van der Waals surface area contributed by atoms with Crippen LogP contribution in [0, 0.1) is 6.92 Å². The second-order valence-corrected chi connectivity index (χ2v) is 5.10. The van der Waals surface area contributed by atoms with Crippen molar-refractivity contribution in [2.24, 2.45) is 0 Å². The van der Waals surface area contributed by atoms with E-state index in [0.29, 0.717) is 5.92 Å². The van der Waals surface area contributed by atoms with E-state index in [1.54, 1.807) is 0 Å². The van der Waals surface area contributed by atoms with E-state index < -0.39 is 0 Å². The number of aryl methyl sites for hydroxylation is 1. The fourth-order valence-corrected chi connectivity index (χ4v) is 2.58. The number of nitrogens with one attached hydrogen (secondary N) is 1. The van der Waals surface area contributed by atoms with Crippen molar-refractivity contribution in [3.8, 4) is 0 Å². The quantitative estimate of drug-likeness (QED) is 0.755. The molecule has 0 radical (unpaired) electrons. The van der Waals surface area contributed by atoms with Gasteiger partial charge in [0.2, 0.25) is 0 Å². The van der Waals surface area contributed by atoms with Gasteiger partial charge in [0, 0.05) is 21.2 Å². The minimum Gasteiger partial charge on any atom is -0.399 e. The normalized spacial score (nSPS) is 11.5. The Morgan fingerprint density at radius 1 is 1.33 bits per heavy atom. The van der Waals surface area contributed by atoms with Crippen molar-refractivity contribution in [2.75, 3.05) is 5.73 Å². The summed E-state index contributed by atoms with van der Waals surface area (Å²) in [5.41, 5.74) is 10.4. The lowest BCUT2D eigenvalue weighted by Crippen LogP contribution is -1.89. The first-order valence-corrected chi connectivity index (χ1v) is 5.87. The lowest BCUT2D eigenvalue weighted by molar-refractivity contribution is 0.827. The number of benzene rings is 1. The summed E-state index contributed by atoms with van der Waals surface area (Å²) in [7, 11) is 0. The maximum atomic E-state index is 5.84. The van der Waals surface area contributed by atoms with Crippen LogP contribution >= 0.6 is 15.9 Å². The first-order valence-electron chi connectivity index (χ1n) is 5.08. The molecule has 0 amide bonds. The first kappa shape index (κ1) is 10.6. The smallest absolute Gasteiger partial charge is 0.0604 e. The second-order valence-electron chi connectivity index (χ2n) is 4.24. The van der Waals surface area contributed by atoms with E-state index in [-0.39, 0.29) is 0 Å². The van der Waals surface area contributed by atoms with Gasteiger partial charge in [-0.05, 0) is 46.5 Å². The minimum atomic E-state index is 0.505. The lowest BCUT2D eigenvalue weighted by atomic mass is 10.0. The number of aromatic amines is 1. The van der Waals surface area contributed by atoms with Crippen molar-refractivity contribution in [3.05, 3.63) is 27.9 Å². The minimum absolute atomic E-state index is 0.505. The molecule has 80 valence electrons. The van der Waals surface area contributed by atoms with Gasteiger partial charge in [-0.15, -0.1) is 0 Å². The zero-order chi connectivity index (χ0) is 11.2. The number of aromatic nitrogens is 1. The fraction of sp³-hybridized carbons (Fsp3) is 0.333. The molecule has 0 bridgehead atoms. The third-order valence-corrected chi connectivity index (χ3v) is 3.38. The highest BCUT2D eigenvalue weighted by Crippen LogP contribution is 2.33. The topological polar surface area (TPSA) is 41.8 Å². The van der Waals surface area contributed by atoms with Crippen LogP contribution in [0.5, 0.6) is 0 Å². The Morgan fingerprint density at radius 2 is 2.00 bits per heavy atom. The van der Waals surface area contributed by atoms with Crippen LogP contribution in [-0.4, -0.2) is 4.98 Å². The van der Waals surface area contributed by atoms with E-state index in [1.165, 1.54) is 16.6 Å². The summed E-state index contributed by atoms with van der Waals surface area (Å²) in [6.07, 6.45) is 0. The van der Waals surface area contributed by atoms with Crippen LogP contribution in [0.25, 0.3) is 10.9 Å². The van der Waals surface area contributed by atoms with Crippen LogP contribution in [0.15, 0.2) is 16.6 Å². The third-order valence-electron chi connectivity index (χ3n) is 2.76. The number of rotatable bonds is 1. The molecule has 2 nitrogen and oxygen atoms in total. The molecule has 0 aliphatic heterocycles. The number of hydrogen-bond donors (Lipinski definition) is 2. The molecule has 2 rings (SSSR count). The average molecular weight is 267 g/mol. The van der Waals surface area contributed by atoms with Crippen LogP contribution in [-0.2, 0) is 0 Å². The van der Waals surface area contributed by atoms with Crippen LogP contribution in [0.3, 0.4) is 0 Å². The van der Waals surface area contributed by atoms with Crippen LogP contribution in [0.4, 0.5) is 5.69 Å². The van der Waals surface area contributed by atoms with Crippen LogP contribution in [0.1, 0.15) is 31.0 Å². The third kappa shape index (κ3) is 1.65. The molecule has 0 saturated carbocycles. The molecule has 3 N–H and O–H groups in total. The number of nitrogen functional groups attached to an aromatic ring is 1. The fourth-order valence-electron chi connectivity index (χ4n) is 2.00. The van der Waals surface area contributed by atoms with Gasteiger partial charge in [-0.2, -0.15) is 0 Å². The van der Waals surface area contributed by atoms with Crippen molar-refractivity contribution < 1.29 is 0 Å². The van der Waals surface area contributed by atoms with Crippen molar-refractivity contribution >= 4 is 32.5 Å². The Kier molecular flexibility index (Phi) is 2.51. The van der Waals surface area contributed by atoms with E-state index in [0.717, 1.165) is 15.7 Å². The molecule has 2 aromatic rings. The number of halogens is 1. The van der Waals surface area contributed by atoms with E-state index in [4.69, 9.17) is 5.73 Å². The summed E-state index contributed by atoms with van der Waals surface area (Å²) < 4.78 is 1.03. The summed E-state index contributed by atoms with van der Waals surface area (Å²) in [5.74, 6) is 0.505. The molecule has 1 aromatic carbocycles. The number of fused-ring (bicyclic) bond motifs is 1. The molecule has 1 heterocycles. The van der Waals surface area contributed by atoms with Gasteiger partial charge in [-0.1, -0.05) is 13.8 Å². The van der Waals surface area contributed by atoms with Crippen molar-refractivity contribution in [2.45, 2.75) is 26.7 Å². The standard InChI is InChI=1S/C12H15BrN2/c1-6(2)11-7(3)9-4-8(14)5-10(13)12(9)15-11/h4-6,15H,14H2,1-3H3. The number of hydrogen-bond acceptors (Lipinski definition) is 1. The zero-order valence-electron chi connectivity index (χ0n) is 9.19.